The van der Waals surface area contributed by atoms with Gasteiger partial charge in [-0.3, -0.25) is 4.79 Å². The van der Waals surface area contributed by atoms with Crippen LogP contribution in [0.1, 0.15) is 20.3 Å². The second-order valence-corrected chi connectivity index (χ2v) is 2.60. The molecule has 2 unspecified atom stereocenters. The molecule has 0 rings (SSSR count). The van der Waals surface area contributed by atoms with Crippen molar-refractivity contribution in [1.82, 2.24) is 5.32 Å². The standard InChI is InChI=1S/C7H16N2O2/c1-3-5(2)9-6(4-8)7(10)11/h5-6,9H,3-4,8H2,1-2H3,(H,10,11). The van der Waals surface area contributed by atoms with Crippen molar-refractivity contribution in [3.8, 4) is 0 Å². The zero-order chi connectivity index (χ0) is 8.85. The first-order valence-corrected chi connectivity index (χ1v) is 3.80. The van der Waals surface area contributed by atoms with Gasteiger partial charge in [-0.1, -0.05) is 6.92 Å². The van der Waals surface area contributed by atoms with E-state index in [0.717, 1.165) is 6.42 Å². The molecule has 66 valence electrons. The average molecular weight is 160 g/mol. The summed E-state index contributed by atoms with van der Waals surface area (Å²) in [6.07, 6.45) is 0.907. The topological polar surface area (TPSA) is 75.3 Å². The molecule has 0 radical (unpaired) electrons. The predicted molar refractivity (Wildman–Crippen MR) is 43.4 cm³/mol. The maximum Gasteiger partial charge on any atom is 0.322 e. The lowest BCUT2D eigenvalue weighted by Crippen LogP contribution is -2.46. The molecule has 0 saturated carbocycles. The second kappa shape index (κ2) is 5.09. The maximum absolute atomic E-state index is 10.4. The van der Waals surface area contributed by atoms with Gasteiger partial charge in [-0.05, 0) is 13.3 Å². The van der Waals surface area contributed by atoms with E-state index in [0.29, 0.717) is 0 Å². The largest absolute Gasteiger partial charge is 0.480 e. The average Bonchev–Trinajstić information content (AvgIpc) is 1.99. The van der Waals surface area contributed by atoms with Gasteiger partial charge < -0.3 is 16.2 Å². The smallest absolute Gasteiger partial charge is 0.322 e. The molecule has 4 N–H and O–H groups in total. The SMILES string of the molecule is CCC(C)NC(CN)C(=O)O. The monoisotopic (exact) mass is 160 g/mol. The molecular formula is C7H16N2O2. The number of aliphatic carboxylic acids is 1. The van der Waals surface area contributed by atoms with E-state index in [1.165, 1.54) is 0 Å². The van der Waals surface area contributed by atoms with Crippen molar-refractivity contribution in [1.29, 1.82) is 0 Å². The summed E-state index contributed by atoms with van der Waals surface area (Å²) < 4.78 is 0. The Hall–Kier alpha value is -0.610. The molecule has 11 heavy (non-hydrogen) atoms. The summed E-state index contributed by atoms with van der Waals surface area (Å²) in [4.78, 5) is 10.4. The van der Waals surface area contributed by atoms with Crippen molar-refractivity contribution < 1.29 is 9.90 Å². The summed E-state index contributed by atoms with van der Waals surface area (Å²) in [5.74, 6) is -0.882. The van der Waals surface area contributed by atoms with Gasteiger partial charge in [0.25, 0.3) is 0 Å². The van der Waals surface area contributed by atoms with Gasteiger partial charge in [0.05, 0.1) is 0 Å². The van der Waals surface area contributed by atoms with Crippen LogP contribution in [-0.2, 0) is 4.79 Å². The first kappa shape index (κ1) is 10.4. The van der Waals surface area contributed by atoms with Crippen LogP contribution in [0.25, 0.3) is 0 Å². The molecule has 0 aliphatic rings. The third kappa shape index (κ3) is 3.95. The minimum Gasteiger partial charge on any atom is -0.480 e. The van der Waals surface area contributed by atoms with Crippen LogP contribution < -0.4 is 11.1 Å². The van der Waals surface area contributed by atoms with Crippen molar-refractivity contribution >= 4 is 5.97 Å². The lowest BCUT2D eigenvalue weighted by atomic mass is 10.2. The number of hydrogen-bond acceptors (Lipinski definition) is 3. The van der Waals surface area contributed by atoms with Crippen molar-refractivity contribution in [2.45, 2.75) is 32.4 Å². The number of nitrogens with one attached hydrogen (secondary N) is 1. The molecule has 4 nitrogen and oxygen atoms in total. The van der Waals surface area contributed by atoms with Gasteiger partial charge in [0.1, 0.15) is 6.04 Å². The number of carboxylic acid groups (broad SMARTS) is 1. The second-order valence-electron chi connectivity index (χ2n) is 2.60. The fourth-order valence-electron chi connectivity index (χ4n) is 0.701. The summed E-state index contributed by atoms with van der Waals surface area (Å²) in [5.41, 5.74) is 5.23. The fraction of sp³-hybridized carbons (Fsp3) is 0.857. The van der Waals surface area contributed by atoms with Crippen molar-refractivity contribution in [3.05, 3.63) is 0 Å². The highest BCUT2D eigenvalue weighted by molar-refractivity contribution is 5.73. The lowest BCUT2D eigenvalue weighted by molar-refractivity contribution is -0.139. The molecule has 0 heterocycles. The molecule has 0 saturated heterocycles. The summed E-state index contributed by atoms with van der Waals surface area (Å²) in [5, 5.41) is 11.5. The van der Waals surface area contributed by atoms with Crippen LogP contribution >= 0.6 is 0 Å². The first-order chi connectivity index (χ1) is 5.11. The third-order valence-electron chi connectivity index (χ3n) is 1.63. The van der Waals surface area contributed by atoms with Crippen molar-refractivity contribution in [3.63, 3.8) is 0 Å². The number of hydrogen-bond donors (Lipinski definition) is 3. The van der Waals surface area contributed by atoms with Crippen LogP contribution in [-0.4, -0.2) is 29.7 Å². The summed E-state index contributed by atoms with van der Waals surface area (Å²) in [6.45, 7) is 4.07. The molecule has 0 bridgehead atoms. The van der Waals surface area contributed by atoms with Gasteiger partial charge >= 0.3 is 5.97 Å². The maximum atomic E-state index is 10.4. The lowest BCUT2D eigenvalue weighted by Gasteiger charge is -2.16. The molecule has 0 amide bonds. The van der Waals surface area contributed by atoms with Crippen LogP contribution in [0.4, 0.5) is 0 Å². The van der Waals surface area contributed by atoms with Crippen LogP contribution in [0.3, 0.4) is 0 Å². The van der Waals surface area contributed by atoms with E-state index < -0.39 is 12.0 Å². The van der Waals surface area contributed by atoms with Crippen LogP contribution in [0.15, 0.2) is 0 Å². The molecular weight excluding hydrogens is 144 g/mol. The van der Waals surface area contributed by atoms with Crippen molar-refractivity contribution in [2.24, 2.45) is 5.73 Å². The highest BCUT2D eigenvalue weighted by Gasteiger charge is 2.15. The van der Waals surface area contributed by atoms with Gasteiger partial charge in [-0.15, -0.1) is 0 Å². The van der Waals surface area contributed by atoms with Crippen LogP contribution in [0.5, 0.6) is 0 Å². The van der Waals surface area contributed by atoms with Gasteiger partial charge in [-0.25, -0.2) is 0 Å². The molecule has 2 atom stereocenters. The molecule has 0 aliphatic heterocycles. The number of nitrogens with two attached hydrogens (primary N) is 1. The summed E-state index contributed by atoms with van der Waals surface area (Å²) >= 11 is 0. The minimum absolute atomic E-state index is 0.139. The van der Waals surface area contributed by atoms with Gasteiger partial charge in [0.15, 0.2) is 0 Å². The third-order valence-corrected chi connectivity index (χ3v) is 1.63. The minimum atomic E-state index is -0.882. The Balaban J connectivity index is 3.77. The zero-order valence-corrected chi connectivity index (χ0v) is 7.00. The normalized spacial score (nSPS) is 15.9. The van der Waals surface area contributed by atoms with E-state index >= 15 is 0 Å². The molecule has 0 spiro atoms. The van der Waals surface area contributed by atoms with Crippen LogP contribution in [0, 0.1) is 0 Å². The predicted octanol–water partition coefficient (Wildman–Crippen LogP) is -0.214. The van der Waals surface area contributed by atoms with Gasteiger partial charge in [0.2, 0.25) is 0 Å². The van der Waals surface area contributed by atoms with E-state index in [-0.39, 0.29) is 12.6 Å². The highest BCUT2D eigenvalue weighted by atomic mass is 16.4. The Kier molecular flexibility index (Phi) is 4.81. The Labute approximate surface area is 66.8 Å². The Bertz CT molecular complexity index is 128. The summed E-state index contributed by atoms with van der Waals surface area (Å²) in [7, 11) is 0. The van der Waals surface area contributed by atoms with Crippen molar-refractivity contribution in [2.75, 3.05) is 6.54 Å². The molecule has 0 aromatic heterocycles. The van der Waals surface area contributed by atoms with E-state index in [9.17, 15) is 4.79 Å². The van der Waals surface area contributed by atoms with E-state index in [4.69, 9.17) is 10.8 Å². The quantitative estimate of drug-likeness (QED) is 0.520. The highest BCUT2D eigenvalue weighted by Crippen LogP contribution is 1.91. The van der Waals surface area contributed by atoms with Gasteiger partial charge in [-0.2, -0.15) is 0 Å². The number of carboxylic acids is 1. The number of rotatable bonds is 5. The molecule has 0 aliphatic carbocycles. The molecule has 0 aromatic carbocycles. The van der Waals surface area contributed by atoms with E-state index in [2.05, 4.69) is 5.32 Å². The van der Waals surface area contributed by atoms with Crippen LogP contribution in [0.2, 0.25) is 0 Å². The van der Waals surface area contributed by atoms with E-state index in [1.54, 1.807) is 0 Å². The van der Waals surface area contributed by atoms with Gasteiger partial charge in [0, 0.05) is 12.6 Å². The number of carbonyl (C=O) groups is 1. The Morgan fingerprint density at radius 2 is 2.27 bits per heavy atom. The summed E-state index contributed by atoms with van der Waals surface area (Å²) in [6, 6.07) is -0.399. The Morgan fingerprint density at radius 1 is 1.73 bits per heavy atom. The fourth-order valence-corrected chi connectivity index (χ4v) is 0.701. The first-order valence-electron chi connectivity index (χ1n) is 3.80. The Morgan fingerprint density at radius 3 is 2.55 bits per heavy atom. The molecule has 0 aromatic rings. The van der Waals surface area contributed by atoms with E-state index in [1.807, 2.05) is 13.8 Å². The molecule has 4 heteroatoms. The molecule has 0 fully saturated rings. The zero-order valence-electron chi connectivity index (χ0n) is 7.00.